The van der Waals surface area contributed by atoms with Crippen LogP contribution in [0.25, 0.3) is 0 Å². The molecule has 4 heteroatoms. The number of carboxylic acids is 1. The SMILES string of the molecule is [2H]C([2H])(O)C([2H])([2H])N[C@H](C(=O)O)C(C)C. The van der Waals surface area contributed by atoms with Crippen LogP contribution < -0.4 is 5.32 Å². The Bertz CT molecular complexity index is 239. The van der Waals surface area contributed by atoms with Gasteiger partial charge in [-0.2, -0.15) is 0 Å². The summed E-state index contributed by atoms with van der Waals surface area (Å²) in [5, 5.41) is 19.5. The summed E-state index contributed by atoms with van der Waals surface area (Å²) < 4.78 is 27.9. The van der Waals surface area contributed by atoms with Crippen LogP contribution >= 0.6 is 0 Å². The van der Waals surface area contributed by atoms with Crippen molar-refractivity contribution in [1.82, 2.24) is 5.32 Å². The van der Waals surface area contributed by atoms with Gasteiger partial charge in [0.25, 0.3) is 0 Å². The van der Waals surface area contributed by atoms with Crippen molar-refractivity contribution in [1.29, 1.82) is 0 Å². The van der Waals surface area contributed by atoms with Crippen molar-refractivity contribution in [3.05, 3.63) is 0 Å². The molecule has 0 aromatic carbocycles. The van der Waals surface area contributed by atoms with Crippen molar-refractivity contribution in [3.8, 4) is 0 Å². The van der Waals surface area contributed by atoms with Gasteiger partial charge < -0.3 is 15.5 Å². The Hall–Kier alpha value is -0.610. The van der Waals surface area contributed by atoms with Gasteiger partial charge in [-0.15, -0.1) is 0 Å². The normalized spacial score (nSPS) is 21.5. The maximum Gasteiger partial charge on any atom is 0.320 e. The lowest BCUT2D eigenvalue weighted by Crippen LogP contribution is -2.42. The van der Waals surface area contributed by atoms with Crippen LogP contribution in [-0.2, 0) is 4.79 Å². The molecule has 0 aliphatic carbocycles. The highest BCUT2D eigenvalue weighted by atomic mass is 16.4. The molecule has 3 N–H and O–H groups in total. The van der Waals surface area contributed by atoms with E-state index in [1.165, 1.54) is 0 Å². The van der Waals surface area contributed by atoms with Crippen molar-refractivity contribution in [2.24, 2.45) is 5.92 Å². The molecule has 0 aliphatic rings. The molecule has 0 unspecified atom stereocenters. The van der Waals surface area contributed by atoms with Crippen LogP contribution in [0.5, 0.6) is 0 Å². The first-order chi connectivity index (χ1) is 6.49. The minimum absolute atomic E-state index is 0.431. The molecule has 11 heavy (non-hydrogen) atoms. The first kappa shape index (κ1) is 5.11. The van der Waals surface area contributed by atoms with Gasteiger partial charge in [-0.25, -0.2) is 0 Å². The van der Waals surface area contributed by atoms with Gasteiger partial charge in [-0.1, -0.05) is 13.8 Å². The molecule has 0 fully saturated rings. The number of nitrogens with one attached hydrogen (secondary N) is 1. The first-order valence-corrected chi connectivity index (χ1v) is 3.22. The molecule has 0 aromatic heterocycles. The molecule has 0 bridgehead atoms. The standard InChI is InChI=1S/C7H15NO3/c1-5(2)6(7(10)11)8-3-4-9/h5-6,8-9H,3-4H2,1-2H3,(H,10,11)/t6-/m0/s1/i3D2,4D2. The van der Waals surface area contributed by atoms with Gasteiger partial charge in [0, 0.05) is 9.24 Å². The van der Waals surface area contributed by atoms with Crippen LogP contribution in [0.4, 0.5) is 0 Å². The van der Waals surface area contributed by atoms with Crippen LogP contribution in [0.2, 0.25) is 0 Å². The quantitative estimate of drug-likeness (QED) is 0.522. The number of carboxylic acid groups (broad SMARTS) is 1. The second kappa shape index (κ2) is 5.09. The number of carbonyl (C=O) groups is 1. The number of aliphatic hydroxyl groups is 1. The first-order valence-electron chi connectivity index (χ1n) is 5.22. The number of aliphatic carboxylic acids is 1. The molecule has 0 amide bonds. The Balaban J connectivity index is 4.75. The zero-order valence-corrected chi connectivity index (χ0v) is 6.46. The fourth-order valence-corrected chi connectivity index (χ4v) is 0.624. The van der Waals surface area contributed by atoms with Crippen LogP contribution in [0.15, 0.2) is 0 Å². The summed E-state index contributed by atoms with van der Waals surface area (Å²) in [6.45, 7) is -2.86. The van der Waals surface area contributed by atoms with Gasteiger partial charge >= 0.3 is 5.97 Å². The van der Waals surface area contributed by atoms with Gasteiger partial charge in [0.2, 0.25) is 0 Å². The summed E-state index contributed by atoms with van der Waals surface area (Å²) in [5.74, 6) is -1.72. The minimum Gasteiger partial charge on any atom is -0.480 e. The topological polar surface area (TPSA) is 69.6 Å². The Morgan fingerprint density at radius 3 is 2.55 bits per heavy atom. The summed E-state index contributed by atoms with van der Waals surface area (Å²) in [4.78, 5) is 10.7. The van der Waals surface area contributed by atoms with Crippen molar-refractivity contribution in [2.75, 3.05) is 13.1 Å². The third-order valence-electron chi connectivity index (χ3n) is 1.22. The summed E-state index contributed by atoms with van der Waals surface area (Å²) in [7, 11) is 0. The number of hydrogen-bond acceptors (Lipinski definition) is 3. The third kappa shape index (κ3) is 3.95. The summed E-state index contributed by atoms with van der Waals surface area (Å²) in [6, 6.07) is -1.26. The average Bonchev–Trinajstić information content (AvgIpc) is 1.96. The maximum absolute atomic E-state index is 10.7. The van der Waals surface area contributed by atoms with Crippen LogP contribution in [0, 0.1) is 5.92 Å². The monoisotopic (exact) mass is 165 g/mol. The van der Waals surface area contributed by atoms with E-state index < -0.39 is 31.0 Å². The average molecular weight is 165 g/mol. The molecule has 4 nitrogen and oxygen atoms in total. The summed E-state index contributed by atoms with van der Waals surface area (Å²) >= 11 is 0. The number of rotatable bonds is 5. The molecule has 0 heterocycles. The van der Waals surface area contributed by atoms with Gasteiger partial charge in [0.15, 0.2) is 0 Å². The molecule has 1 atom stereocenters. The molecule has 0 spiro atoms. The molecule has 66 valence electrons. The lowest BCUT2D eigenvalue weighted by atomic mass is 10.1. The van der Waals surface area contributed by atoms with Crippen molar-refractivity contribution in [2.45, 2.75) is 19.9 Å². The Morgan fingerprint density at radius 2 is 2.27 bits per heavy atom. The Kier molecular flexibility index (Phi) is 2.37. The number of hydrogen-bond donors (Lipinski definition) is 3. The highest BCUT2D eigenvalue weighted by Gasteiger charge is 2.19. The molecule has 0 rings (SSSR count). The summed E-state index contributed by atoms with van der Waals surface area (Å²) in [5.41, 5.74) is 0. The van der Waals surface area contributed by atoms with Crippen LogP contribution in [0.3, 0.4) is 0 Å². The molecular formula is C7H15NO3. The second-order valence-corrected chi connectivity index (χ2v) is 2.44. The largest absolute Gasteiger partial charge is 0.480 e. The lowest BCUT2D eigenvalue weighted by molar-refractivity contribution is -0.140. The molecular weight excluding hydrogens is 146 g/mol. The van der Waals surface area contributed by atoms with Gasteiger partial charge in [0.05, 0.1) is 9.30 Å². The van der Waals surface area contributed by atoms with E-state index in [0.29, 0.717) is 0 Å². The zero-order chi connectivity index (χ0) is 12.4. The zero-order valence-electron chi connectivity index (χ0n) is 10.5. The maximum atomic E-state index is 10.7. The Morgan fingerprint density at radius 1 is 1.73 bits per heavy atom. The molecule has 0 aromatic rings. The molecule has 0 radical (unpaired) electrons. The summed E-state index contributed by atoms with van der Waals surface area (Å²) in [6.07, 6.45) is 0. The minimum atomic E-state index is -3.14. The van der Waals surface area contributed by atoms with E-state index in [4.69, 9.17) is 15.7 Å². The van der Waals surface area contributed by atoms with E-state index in [2.05, 4.69) is 0 Å². The predicted octanol–water partition coefficient (Wildman–Crippen LogP) is -0.323. The molecule has 0 saturated heterocycles. The van der Waals surface area contributed by atoms with E-state index in [1.807, 2.05) is 5.32 Å². The van der Waals surface area contributed by atoms with E-state index in [9.17, 15) is 4.79 Å². The van der Waals surface area contributed by atoms with Gasteiger partial charge in [-0.3, -0.25) is 4.79 Å². The smallest absolute Gasteiger partial charge is 0.320 e. The molecule has 0 saturated carbocycles. The lowest BCUT2D eigenvalue weighted by Gasteiger charge is -2.16. The third-order valence-corrected chi connectivity index (χ3v) is 1.22. The highest BCUT2D eigenvalue weighted by Crippen LogP contribution is 2.00. The van der Waals surface area contributed by atoms with Crippen molar-refractivity contribution >= 4 is 5.97 Å². The Labute approximate surface area is 71.8 Å². The highest BCUT2D eigenvalue weighted by molar-refractivity contribution is 5.73. The van der Waals surface area contributed by atoms with Crippen molar-refractivity contribution < 1.29 is 20.5 Å². The van der Waals surface area contributed by atoms with Gasteiger partial charge in [0.1, 0.15) is 6.04 Å². The predicted molar refractivity (Wildman–Crippen MR) is 41.4 cm³/mol. The van der Waals surface area contributed by atoms with Crippen LogP contribution in [-0.4, -0.2) is 35.3 Å². The van der Waals surface area contributed by atoms with E-state index in [-0.39, 0.29) is 0 Å². The fraction of sp³-hybridized carbons (Fsp3) is 0.857. The van der Waals surface area contributed by atoms with Gasteiger partial charge in [-0.05, 0) is 5.92 Å². The van der Waals surface area contributed by atoms with E-state index >= 15 is 0 Å². The van der Waals surface area contributed by atoms with E-state index in [0.717, 1.165) is 0 Å². The van der Waals surface area contributed by atoms with E-state index in [1.54, 1.807) is 13.8 Å². The van der Waals surface area contributed by atoms with Crippen LogP contribution in [0.1, 0.15) is 19.3 Å². The molecule has 0 aliphatic heterocycles. The second-order valence-electron chi connectivity index (χ2n) is 2.44. The fourth-order valence-electron chi connectivity index (χ4n) is 0.624. The van der Waals surface area contributed by atoms with Crippen molar-refractivity contribution in [3.63, 3.8) is 0 Å².